The van der Waals surface area contributed by atoms with Gasteiger partial charge in [0.25, 0.3) is 0 Å². The minimum atomic E-state index is 0.750. The number of nitrogens with one attached hydrogen (secondary N) is 2. The predicted octanol–water partition coefficient (Wildman–Crippen LogP) is 3.07. The maximum atomic E-state index is 4.48. The fourth-order valence-corrected chi connectivity index (χ4v) is 3.55. The summed E-state index contributed by atoms with van der Waals surface area (Å²) in [6.45, 7) is 4.72. The summed E-state index contributed by atoms with van der Waals surface area (Å²) < 4.78 is 0. The van der Waals surface area contributed by atoms with Crippen molar-refractivity contribution in [1.82, 2.24) is 15.2 Å². The van der Waals surface area contributed by atoms with Gasteiger partial charge in [-0.15, -0.1) is 0 Å². The third-order valence-electron chi connectivity index (χ3n) is 4.94. The maximum Gasteiger partial charge on any atom is 0.194 e. The predicted molar refractivity (Wildman–Crippen MR) is 109 cm³/mol. The molecule has 2 N–H and O–H groups in total. The summed E-state index contributed by atoms with van der Waals surface area (Å²) in [6, 6.07) is 21.2. The number of benzene rings is 2. The molecule has 0 atom stereocenters. The van der Waals surface area contributed by atoms with Crippen LogP contribution in [0.4, 0.5) is 5.69 Å². The molecule has 0 unspecified atom stereocenters. The number of piperazine rings is 1. The van der Waals surface area contributed by atoms with Gasteiger partial charge in [-0.1, -0.05) is 36.4 Å². The molecule has 3 aromatic rings. The fourth-order valence-electron chi connectivity index (χ4n) is 3.55. The van der Waals surface area contributed by atoms with Crippen LogP contribution in [0, 0.1) is 0 Å². The van der Waals surface area contributed by atoms with Crippen molar-refractivity contribution in [3.63, 3.8) is 0 Å². The minimum absolute atomic E-state index is 0.750. The van der Waals surface area contributed by atoms with E-state index in [1.165, 1.54) is 22.3 Å². The maximum absolute atomic E-state index is 4.48. The van der Waals surface area contributed by atoms with Crippen LogP contribution >= 0.6 is 0 Å². The van der Waals surface area contributed by atoms with Crippen molar-refractivity contribution in [3.8, 4) is 0 Å². The van der Waals surface area contributed by atoms with Crippen LogP contribution in [0.15, 0.2) is 65.7 Å². The van der Waals surface area contributed by atoms with E-state index in [-0.39, 0.29) is 0 Å². The summed E-state index contributed by atoms with van der Waals surface area (Å²) >= 11 is 0. The number of fused-ring (bicyclic) bond motifs is 1. The Morgan fingerprint density at radius 2 is 1.73 bits per heavy atom. The van der Waals surface area contributed by atoms with Crippen LogP contribution in [0.5, 0.6) is 0 Å². The molecule has 0 spiro atoms. The summed E-state index contributed by atoms with van der Waals surface area (Å²) in [6.07, 6.45) is 0. The summed E-state index contributed by atoms with van der Waals surface area (Å²) in [5.74, 6) is 0.969. The van der Waals surface area contributed by atoms with E-state index in [2.05, 4.69) is 85.8 Å². The standard InChI is InChI=1S/C21H25N5/c1-22-21(23-16-18-15-17-7-5-6-10-20(17)24-18)26-13-11-25(12-14-26)19-8-3-2-4-9-19/h2-10,15,24H,11-14,16H2,1H3,(H,22,23). The van der Waals surface area contributed by atoms with Gasteiger partial charge in [0, 0.05) is 50.1 Å². The monoisotopic (exact) mass is 347 g/mol. The Kier molecular flexibility index (Phi) is 4.78. The second kappa shape index (κ2) is 7.52. The van der Waals surface area contributed by atoms with Gasteiger partial charge in [-0.3, -0.25) is 4.99 Å². The zero-order valence-electron chi connectivity index (χ0n) is 15.2. The molecule has 1 aliphatic rings. The molecule has 0 bridgehead atoms. The van der Waals surface area contributed by atoms with E-state index >= 15 is 0 Å². The van der Waals surface area contributed by atoms with E-state index in [1.807, 2.05) is 7.05 Å². The Morgan fingerprint density at radius 1 is 1.00 bits per heavy atom. The number of nitrogens with zero attached hydrogens (tertiary/aromatic N) is 3. The van der Waals surface area contributed by atoms with Gasteiger partial charge in [0.2, 0.25) is 0 Å². The van der Waals surface area contributed by atoms with Gasteiger partial charge in [-0.05, 0) is 29.7 Å². The molecule has 2 heterocycles. The number of aromatic nitrogens is 1. The quantitative estimate of drug-likeness (QED) is 0.565. The minimum Gasteiger partial charge on any atom is -0.368 e. The molecular formula is C21H25N5. The number of anilines is 1. The first-order valence-corrected chi connectivity index (χ1v) is 9.16. The van der Waals surface area contributed by atoms with Crippen LogP contribution in [0.1, 0.15) is 5.69 Å². The summed E-state index contributed by atoms with van der Waals surface area (Å²) in [5.41, 5.74) is 3.65. The summed E-state index contributed by atoms with van der Waals surface area (Å²) in [5, 5.41) is 4.74. The number of hydrogen-bond donors (Lipinski definition) is 2. The van der Waals surface area contributed by atoms with Gasteiger partial charge in [0.15, 0.2) is 5.96 Å². The van der Waals surface area contributed by atoms with E-state index in [4.69, 9.17) is 0 Å². The third kappa shape index (κ3) is 3.52. The molecule has 1 aromatic heterocycles. The topological polar surface area (TPSA) is 46.7 Å². The second-order valence-corrected chi connectivity index (χ2v) is 6.59. The molecule has 0 aliphatic carbocycles. The van der Waals surface area contributed by atoms with Crippen molar-refractivity contribution in [2.24, 2.45) is 4.99 Å². The van der Waals surface area contributed by atoms with Gasteiger partial charge < -0.3 is 20.1 Å². The normalized spacial score (nSPS) is 15.5. The number of H-pyrrole nitrogens is 1. The van der Waals surface area contributed by atoms with Crippen LogP contribution < -0.4 is 10.2 Å². The van der Waals surface area contributed by atoms with Crippen LogP contribution in [-0.2, 0) is 6.54 Å². The first-order chi connectivity index (χ1) is 12.8. The Balaban J connectivity index is 1.35. The molecule has 2 aromatic carbocycles. The number of guanidine groups is 1. The molecule has 0 amide bonds. The van der Waals surface area contributed by atoms with Crippen molar-refractivity contribution in [1.29, 1.82) is 0 Å². The Morgan fingerprint density at radius 3 is 2.46 bits per heavy atom. The zero-order valence-corrected chi connectivity index (χ0v) is 15.2. The second-order valence-electron chi connectivity index (χ2n) is 6.59. The number of para-hydroxylation sites is 2. The largest absolute Gasteiger partial charge is 0.368 e. The molecule has 134 valence electrons. The van der Waals surface area contributed by atoms with Gasteiger partial charge in [0.05, 0.1) is 6.54 Å². The van der Waals surface area contributed by atoms with Crippen molar-refractivity contribution >= 4 is 22.5 Å². The zero-order chi connectivity index (χ0) is 17.8. The van der Waals surface area contributed by atoms with E-state index in [1.54, 1.807) is 0 Å². The van der Waals surface area contributed by atoms with Crippen LogP contribution in [-0.4, -0.2) is 49.1 Å². The fraction of sp³-hybridized carbons (Fsp3) is 0.286. The van der Waals surface area contributed by atoms with E-state index < -0.39 is 0 Å². The SMILES string of the molecule is CN=C(NCc1cc2ccccc2[nH]1)N1CCN(c2ccccc2)CC1. The van der Waals surface area contributed by atoms with Crippen LogP contribution in [0.2, 0.25) is 0 Å². The number of aromatic amines is 1. The number of rotatable bonds is 3. The smallest absolute Gasteiger partial charge is 0.194 e. The molecule has 0 saturated carbocycles. The van der Waals surface area contributed by atoms with Gasteiger partial charge in [0.1, 0.15) is 0 Å². The third-order valence-corrected chi connectivity index (χ3v) is 4.94. The summed E-state index contributed by atoms with van der Waals surface area (Å²) in [4.78, 5) is 12.7. The Bertz CT molecular complexity index is 843. The number of hydrogen-bond acceptors (Lipinski definition) is 2. The van der Waals surface area contributed by atoms with Crippen molar-refractivity contribution in [2.75, 3.05) is 38.1 Å². The van der Waals surface area contributed by atoms with Crippen molar-refractivity contribution in [2.45, 2.75) is 6.54 Å². The molecular weight excluding hydrogens is 322 g/mol. The van der Waals surface area contributed by atoms with Crippen LogP contribution in [0.25, 0.3) is 10.9 Å². The lowest BCUT2D eigenvalue weighted by atomic mass is 10.2. The van der Waals surface area contributed by atoms with Crippen LogP contribution in [0.3, 0.4) is 0 Å². The molecule has 1 fully saturated rings. The lowest BCUT2D eigenvalue weighted by molar-refractivity contribution is 0.372. The van der Waals surface area contributed by atoms with E-state index in [0.717, 1.165) is 38.7 Å². The molecule has 5 heteroatoms. The average molecular weight is 347 g/mol. The first-order valence-electron chi connectivity index (χ1n) is 9.16. The Hall–Kier alpha value is -2.95. The van der Waals surface area contributed by atoms with E-state index in [0.29, 0.717) is 0 Å². The van der Waals surface area contributed by atoms with Gasteiger partial charge in [-0.25, -0.2) is 0 Å². The highest BCUT2D eigenvalue weighted by atomic mass is 15.3. The van der Waals surface area contributed by atoms with E-state index in [9.17, 15) is 0 Å². The summed E-state index contributed by atoms with van der Waals surface area (Å²) in [7, 11) is 1.86. The lowest BCUT2D eigenvalue weighted by Crippen LogP contribution is -2.52. The first kappa shape index (κ1) is 16.5. The van der Waals surface area contributed by atoms with Gasteiger partial charge in [-0.2, -0.15) is 0 Å². The number of aliphatic imine (C=N–C) groups is 1. The highest BCUT2D eigenvalue weighted by Crippen LogP contribution is 2.16. The van der Waals surface area contributed by atoms with Gasteiger partial charge >= 0.3 is 0 Å². The molecule has 5 nitrogen and oxygen atoms in total. The molecule has 4 rings (SSSR count). The highest BCUT2D eigenvalue weighted by molar-refractivity contribution is 5.82. The Labute approximate surface area is 154 Å². The molecule has 26 heavy (non-hydrogen) atoms. The highest BCUT2D eigenvalue weighted by Gasteiger charge is 2.19. The average Bonchev–Trinajstić information content (AvgIpc) is 3.12. The molecule has 1 aliphatic heterocycles. The molecule has 0 radical (unpaired) electrons. The molecule has 1 saturated heterocycles. The van der Waals surface area contributed by atoms with Crippen molar-refractivity contribution < 1.29 is 0 Å². The lowest BCUT2D eigenvalue weighted by Gasteiger charge is -2.37. The van der Waals surface area contributed by atoms with Crippen molar-refractivity contribution in [3.05, 3.63) is 66.4 Å².